The van der Waals surface area contributed by atoms with Crippen molar-refractivity contribution in [2.24, 2.45) is 0 Å². The molecule has 0 unspecified atom stereocenters. The van der Waals surface area contributed by atoms with E-state index >= 15 is 0 Å². The third kappa shape index (κ3) is 4.13. The highest BCUT2D eigenvalue weighted by molar-refractivity contribution is 7.92. The maximum absolute atomic E-state index is 13.6. The molecule has 0 aliphatic heterocycles. The van der Waals surface area contributed by atoms with Gasteiger partial charge in [-0.1, -0.05) is 24.3 Å². The Kier molecular flexibility index (Phi) is 5.16. The van der Waals surface area contributed by atoms with Crippen LogP contribution in [0.15, 0.2) is 90.0 Å². The Morgan fingerprint density at radius 1 is 0.900 bits per heavy atom. The highest BCUT2D eigenvalue weighted by Crippen LogP contribution is 2.24. The summed E-state index contributed by atoms with van der Waals surface area (Å²) in [5, 5.41) is 3.14. The third-order valence-corrected chi connectivity index (χ3v) is 5.76. The number of nitrogens with zero attached hydrogens (tertiary/aromatic N) is 1. The average molecular weight is 421 g/mol. The van der Waals surface area contributed by atoms with E-state index in [0.717, 1.165) is 0 Å². The molecule has 1 aromatic heterocycles. The summed E-state index contributed by atoms with van der Waals surface area (Å²) in [6.45, 7) is 0. The summed E-state index contributed by atoms with van der Waals surface area (Å²) < 4.78 is 41.4. The minimum Gasteiger partial charge on any atom is -0.321 e. The highest BCUT2D eigenvalue weighted by Gasteiger charge is 2.17. The Bertz CT molecular complexity index is 1340. The van der Waals surface area contributed by atoms with Gasteiger partial charge in [0.2, 0.25) is 0 Å². The second kappa shape index (κ2) is 7.92. The molecule has 6 nitrogen and oxygen atoms in total. The molecule has 4 rings (SSSR count). The Hall–Kier alpha value is -3.78. The van der Waals surface area contributed by atoms with E-state index in [-0.39, 0.29) is 10.5 Å². The summed E-state index contributed by atoms with van der Waals surface area (Å²) in [5.74, 6) is -0.977. The van der Waals surface area contributed by atoms with Crippen LogP contribution in [0.4, 0.5) is 15.8 Å². The summed E-state index contributed by atoms with van der Waals surface area (Å²) in [4.78, 5) is 16.8. The first-order chi connectivity index (χ1) is 14.4. The average Bonchev–Trinajstić information content (AvgIpc) is 2.74. The van der Waals surface area contributed by atoms with Crippen LogP contribution in [0.25, 0.3) is 10.9 Å². The van der Waals surface area contributed by atoms with E-state index in [0.29, 0.717) is 22.3 Å². The van der Waals surface area contributed by atoms with Gasteiger partial charge >= 0.3 is 0 Å². The number of nitrogens with one attached hydrogen (secondary N) is 2. The number of hydrogen-bond acceptors (Lipinski definition) is 4. The minimum absolute atomic E-state index is 0.0513. The van der Waals surface area contributed by atoms with E-state index in [2.05, 4.69) is 15.0 Å². The minimum atomic E-state index is -3.87. The number of sulfonamides is 1. The van der Waals surface area contributed by atoms with Gasteiger partial charge in [-0.3, -0.25) is 14.5 Å². The van der Waals surface area contributed by atoms with Crippen LogP contribution in [0.5, 0.6) is 0 Å². The number of rotatable bonds is 5. The smallest absolute Gasteiger partial charge is 0.261 e. The molecule has 30 heavy (non-hydrogen) atoms. The van der Waals surface area contributed by atoms with Crippen LogP contribution >= 0.6 is 0 Å². The number of pyridine rings is 1. The molecule has 8 heteroatoms. The van der Waals surface area contributed by atoms with E-state index in [1.54, 1.807) is 36.4 Å². The topological polar surface area (TPSA) is 88.2 Å². The van der Waals surface area contributed by atoms with Crippen LogP contribution in [0.3, 0.4) is 0 Å². The van der Waals surface area contributed by atoms with Crippen molar-refractivity contribution in [2.45, 2.75) is 4.90 Å². The van der Waals surface area contributed by atoms with Crippen LogP contribution in [0.1, 0.15) is 10.4 Å². The van der Waals surface area contributed by atoms with E-state index in [4.69, 9.17) is 0 Å². The summed E-state index contributed by atoms with van der Waals surface area (Å²) in [5.41, 5.74) is 1.46. The van der Waals surface area contributed by atoms with Crippen molar-refractivity contribution in [3.63, 3.8) is 0 Å². The van der Waals surface area contributed by atoms with Gasteiger partial charge in [0.05, 0.1) is 16.1 Å². The van der Waals surface area contributed by atoms with Crippen molar-refractivity contribution >= 4 is 38.2 Å². The molecule has 0 aliphatic carbocycles. The molecule has 0 aliphatic rings. The number of para-hydroxylation sites is 1. The predicted molar refractivity (Wildman–Crippen MR) is 113 cm³/mol. The molecule has 4 aromatic rings. The first-order valence-electron chi connectivity index (χ1n) is 8.96. The normalized spacial score (nSPS) is 11.2. The van der Waals surface area contributed by atoms with E-state index in [9.17, 15) is 17.6 Å². The number of benzene rings is 3. The summed E-state index contributed by atoms with van der Waals surface area (Å²) in [7, 11) is -3.87. The second-order valence-electron chi connectivity index (χ2n) is 6.47. The molecule has 3 aromatic carbocycles. The van der Waals surface area contributed by atoms with Gasteiger partial charge in [-0.05, 0) is 54.6 Å². The molecule has 0 fully saturated rings. The number of anilines is 2. The standard InChI is InChI=1S/C22H16FN3O3S/c23-16-9-10-20-19(14-16)21(11-12-24-20)25-22(27)15-5-4-8-18(13-15)30(28,29)26-17-6-2-1-3-7-17/h1-14,26H,(H,24,25,27). The van der Waals surface area contributed by atoms with E-state index in [1.165, 1.54) is 48.7 Å². The molecule has 0 spiro atoms. The lowest BCUT2D eigenvalue weighted by molar-refractivity contribution is 0.102. The molecule has 0 saturated heterocycles. The van der Waals surface area contributed by atoms with E-state index < -0.39 is 21.7 Å². The molecule has 0 radical (unpaired) electrons. The molecule has 1 heterocycles. The zero-order valence-electron chi connectivity index (χ0n) is 15.5. The molecule has 1 amide bonds. The van der Waals surface area contributed by atoms with Gasteiger partial charge in [-0.25, -0.2) is 12.8 Å². The van der Waals surface area contributed by atoms with E-state index in [1.807, 2.05) is 0 Å². The zero-order chi connectivity index (χ0) is 21.1. The molecular weight excluding hydrogens is 405 g/mol. The zero-order valence-corrected chi connectivity index (χ0v) is 16.4. The molecular formula is C22H16FN3O3S. The number of halogens is 1. The number of carbonyl (C=O) groups is 1. The quantitative estimate of drug-likeness (QED) is 0.499. The molecule has 150 valence electrons. The van der Waals surface area contributed by atoms with Gasteiger partial charge in [0.15, 0.2) is 0 Å². The Morgan fingerprint density at radius 2 is 1.70 bits per heavy atom. The molecule has 0 atom stereocenters. The summed E-state index contributed by atoms with van der Waals surface area (Å²) in [6, 6.07) is 19.8. The molecule has 0 saturated carbocycles. The van der Waals surface area contributed by atoms with Crippen molar-refractivity contribution in [3.8, 4) is 0 Å². The molecule has 2 N–H and O–H groups in total. The van der Waals surface area contributed by atoms with Crippen molar-refractivity contribution in [2.75, 3.05) is 10.0 Å². The van der Waals surface area contributed by atoms with Gasteiger partial charge in [0.25, 0.3) is 15.9 Å². The maximum Gasteiger partial charge on any atom is 0.261 e. The lowest BCUT2D eigenvalue weighted by Gasteiger charge is -2.11. The van der Waals surface area contributed by atoms with Crippen molar-refractivity contribution < 1.29 is 17.6 Å². The number of fused-ring (bicyclic) bond motifs is 1. The van der Waals surface area contributed by atoms with Crippen molar-refractivity contribution in [3.05, 3.63) is 96.4 Å². The van der Waals surface area contributed by atoms with Gasteiger partial charge in [-0.15, -0.1) is 0 Å². The number of hydrogen-bond donors (Lipinski definition) is 2. The first kappa shape index (κ1) is 19.5. The lowest BCUT2D eigenvalue weighted by Crippen LogP contribution is -2.16. The highest BCUT2D eigenvalue weighted by atomic mass is 32.2. The van der Waals surface area contributed by atoms with Gasteiger partial charge in [0.1, 0.15) is 5.82 Å². The van der Waals surface area contributed by atoms with Crippen LogP contribution in [0, 0.1) is 5.82 Å². The van der Waals surface area contributed by atoms with Gasteiger partial charge < -0.3 is 5.32 Å². The Morgan fingerprint density at radius 3 is 2.50 bits per heavy atom. The summed E-state index contributed by atoms with van der Waals surface area (Å²) >= 11 is 0. The number of amides is 1. The second-order valence-corrected chi connectivity index (χ2v) is 8.16. The lowest BCUT2D eigenvalue weighted by atomic mass is 10.1. The monoisotopic (exact) mass is 421 g/mol. The van der Waals surface area contributed by atoms with Gasteiger partial charge in [0, 0.05) is 22.8 Å². The summed E-state index contributed by atoms with van der Waals surface area (Å²) in [6.07, 6.45) is 1.50. The SMILES string of the molecule is O=C(Nc1ccnc2ccc(F)cc12)c1cccc(S(=O)(=O)Nc2ccccc2)c1. The fourth-order valence-electron chi connectivity index (χ4n) is 2.95. The van der Waals surface area contributed by atoms with Gasteiger partial charge in [-0.2, -0.15) is 0 Å². The molecule has 0 bridgehead atoms. The largest absolute Gasteiger partial charge is 0.321 e. The third-order valence-electron chi connectivity index (χ3n) is 4.38. The van der Waals surface area contributed by atoms with Crippen LogP contribution in [0.2, 0.25) is 0 Å². The fraction of sp³-hybridized carbons (Fsp3) is 0. The predicted octanol–water partition coefficient (Wildman–Crippen LogP) is 4.43. The Labute approximate surface area is 172 Å². The fourth-order valence-corrected chi connectivity index (χ4v) is 4.05. The number of aromatic nitrogens is 1. The van der Waals surface area contributed by atoms with Crippen molar-refractivity contribution in [1.29, 1.82) is 0 Å². The van der Waals surface area contributed by atoms with Crippen LogP contribution in [-0.2, 0) is 10.0 Å². The van der Waals surface area contributed by atoms with Crippen molar-refractivity contribution in [1.82, 2.24) is 4.98 Å². The Balaban J connectivity index is 1.61. The first-order valence-corrected chi connectivity index (χ1v) is 10.4. The maximum atomic E-state index is 13.6. The van der Waals surface area contributed by atoms with Crippen LogP contribution < -0.4 is 10.0 Å². The number of carbonyl (C=O) groups excluding carboxylic acids is 1. The van der Waals surface area contributed by atoms with Crippen LogP contribution in [-0.4, -0.2) is 19.3 Å².